The van der Waals surface area contributed by atoms with Crippen LogP contribution in [0.1, 0.15) is 13.8 Å². The van der Waals surface area contributed by atoms with Crippen molar-refractivity contribution in [2.24, 2.45) is 0 Å². The molecule has 0 aromatic heterocycles. The quantitative estimate of drug-likeness (QED) is 0.569. The van der Waals surface area contributed by atoms with E-state index in [1.807, 2.05) is 13.8 Å². The highest BCUT2D eigenvalue weighted by atomic mass is 79.9. The van der Waals surface area contributed by atoms with Crippen molar-refractivity contribution in [3.8, 4) is 0 Å². The number of rotatable bonds is 2. The molecule has 0 radical (unpaired) electrons. The van der Waals surface area contributed by atoms with Gasteiger partial charge in [-0.3, -0.25) is 0 Å². The molecule has 24 heavy (non-hydrogen) atoms. The van der Waals surface area contributed by atoms with Gasteiger partial charge in [0.1, 0.15) is 0 Å². The summed E-state index contributed by atoms with van der Waals surface area (Å²) >= 11 is 6.96. The van der Waals surface area contributed by atoms with Crippen LogP contribution in [-0.4, -0.2) is 87.9 Å². The second-order valence-electron chi connectivity index (χ2n) is 6.19. The Morgan fingerprint density at radius 3 is 1.29 bits per heavy atom. The van der Waals surface area contributed by atoms with Crippen LogP contribution in [0.4, 0.5) is 0 Å². The van der Waals surface area contributed by atoms with E-state index in [-0.39, 0.29) is 11.2 Å². The van der Waals surface area contributed by atoms with Gasteiger partial charge in [-0.15, -0.1) is 0 Å². The Kier molecular flexibility index (Phi) is 12.3. The second kappa shape index (κ2) is 13.0. The van der Waals surface area contributed by atoms with Gasteiger partial charge < -0.3 is 28.4 Å². The Morgan fingerprint density at radius 1 is 0.583 bits per heavy atom. The molecule has 6 nitrogen and oxygen atoms in total. The largest absolute Gasteiger partial charge is 0.377 e. The van der Waals surface area contributed by atoms with Gasteiger partial charge in [0.15, 0.2) is 0 Å². The predicted molar refractivity (Wildman–Crippen MR) is 99.6 cm³/mol. The zero-order chi connectivity index (χ0) is 17.7. The van der Waals surface area contributed by atoms with Crippen LogP contribution in [0, 0.1) is 0 Å². The zero-order valence-electron chi connectivity index (χ0n) is 14.7. The van der Waals surface area contributed by atoms with Crippen LogP contribution >= 0.6 is 31.9 Å². The van der Waals surface area contributed by atoms with Gasteiger partial charge in [0.2, 0.25) is 0 Å². The Hall–Kier alpha value is 0.720. The first-order valence-electron chi connectivity index (χ1n) is 8.24. The summed E-state index contributed by atoms with van der Waals surface area (Å²) in [5.41, 5.74) is -0.744. The SMILES string of the molecule is C[C@]1(CBr)COCCOCCOC[C@@](C)(CBr)OCCOCCO1. The highest BCUT2D eigenvalue weighted by Gasteiger charge is 2.25. The van der Waals surface area contributed by atoms with Crippen molar-refractivity contribution in [2.75, 3.05) is 76.7 Å². The van der Waals surface area contributed by atoms with Crippen molar-refractivity contribution in [3.05, 3.63) is 0 Å². The molecule has 0 aliphatic carbocycles. The van der Waals surface area contributed by atoms with Gasteiger partial charge in [-0.2, -0.15) is 0 Å². The molecule has 1 aliphatic rings. The van der Waals surface area contributed by atoms with E-state index in [1.165, 1.54) is 0 Å². The van der Waals surface area contributed by atoms with E-state index in [4.69, 9.17) is 28.4 Å². The summed E-state index contributed by atoms with van der Waals surface area (Å²) in [5.74, 6) is 0. The lowest BCUT2D eigenvalue weighted by Crippen LogP contribution is -2.39. The number of hydrogen-bond acceptors (Lipinski definition) is 6. The molecule has 0 saturated carbocycles. The van der Waals surface area contributed by atoms with Crippen molar-refractivity contribution in [1.29, 1.82) is 0 Å². The maximum Gasteiger partial charge on any atom is 0.0984 e. The zero-order valence-corrected chi connectivity index (χ0v) is 17.9. The van der Waals surface area contributed by atoms with Crippen molar-refractivity contribution >= 4 is 31.9 Å². The molecule has 1 saturated heterocycles. The molecule has 0 bridgehead atoms. The van der Waals surface area contributed by atoms with E-state index in [0.29, 0.717) is 76.7 Å². The summed E-state index contributed by atoms with van der Waals surface area (Å²) in [4.78, 5) is 0. The fourth-order valence-corrected chi connectivity index (χ4v) is 2.60. The minimum Gasteiger partial charge on any atom is -0.377 e. The summed E-state index contributed by atoms with van der Waals surface area (Å²) in [7, 11) is 0. The van der Waals surface area contributed by atoms with E-state index in [2.05, 4.69) is 31.9 Å². The lowest BCUT2D eigenvalue weighted by Gasteiger charge is -2.29. The Bertz CT molecular complexity index is 295. The van der Waals surface area contributed by atoms with Crippen molar-refractivity contribution in [2.45, 2.75) is 25.0 Å². The van der Waals surface area contributed by atoms with Crippen LogP contribution in [-0.2, 0) is 28.4 Å². The summed E-state index contributed by atoms with van der Waals surface area (Å²) in [6.07, 6.45) is 0. The van der Waals surface area contributed by atoms with E-state index in [1.54, 1.807) is 0 Å². The minimum atomic E-state index is -0.372. The van der Waals surface area contributed by atoms with Crippen LogP contribution in [0.3, 0.4) is 0 Å². The molecular weight excluding hydrogens is 448 g/mol. The number of hydrogen-bond donors (Lipinski definition) is 0. The molecule has 0 amide bonds. The standard InChI is InChI=1S/C16H30Br2O6/c1-15(11-17)13-21-5-3-19-4-6-22-14-16(2,12-18)24-10-8-20-7-9-23-15/h3-14H2,1-2H3/t15-,16+. The molecule has 8 heteroatoms. The summed E-state index contributed by atoms with van der Waals surface area (Å²) < 4.78 is 34.1. The first-order valence-corrected chi connectivity index (χ1v) is 10.5. The minimum absolute atomic E-state index is 0.372. The van der Waals surface area contributed by atoms with Gasteiger partial charge in [0.05, 0.1) is 77.3 Å². The average molecular weight is 478 g/mol. The summed E-state index contributed by atoms with van der Waals surface area (Å²) in [5, 5.41) is 1.39. The first-order chi connectivity index (χ1) is 11.5. The van der Waals surface area contributed by atoms with Crippen LogP contribution in [0.25, 0.3) is 0 Å². The van der Waals surface area contributed by atoms with Gasteiger partial charge in [-0.1, -0.05) is 31.9 Å². The monoisotopic (exact) mass is 476 g/mol. The van der Waals surface area contributed by atoms with Gasteiger partial charge in [-0.25, -0.2) is 0 Å². The molecular formula is C16H30Br2O6. The first kappa shape index (κ1) is 22.8. The highest BCUT2D eigenvalue weighted by Crippen LogP contribution is 2.16. The lowest BCUT2D eigenvalue weighted by molar-refractivity contribution is -0.113. The fourth-order valence-electron chi connectivity index (χ4n) is 1.95. The van der Waals surface area contributed by atoms with Crippen molar-refractivity contribution in [1.82, 2.24) is 0 Å². The molecule has 1 heterocycles. The van der Waals surface area contributed by atoms with E-state index in [0.717, 1.165) is 0 Å². The molecule has 1 rings (SSSR count). The third kappa shape index (κ3) is 10.0. The normalized spacial score (nSPS) is 33.5. The third-order valence-corrected chi connectivity index (χ3v) is 5.85. The van der Waals surface area contributed by atoms with Crippen molar-refractivity contribution < 1.29 is 28.4 Å². The molecule has 1 fully saturated rings. The third-order valence-electron chi connectivity index (χ3n) is 3.48. The maximum absolute atomic E-state index is 5.88. The molecule has 0 aromatic rings. The van der Waals surface area contributed by atoms with Gasteiger partial charge in [0.25, 0.3) is 0 Å². The van der Waals surface area contributed by atoms with E-state index in [9.17, 15) is 0 Å². The molecule has 2 atom stereocenters. The molecule has 0 unspecified atom stereocenters. The molecule has 144 valence electrons. The van der Waals surface area contributed by atoms with Crippen molar-refractivity contribution in [3.63, 3.8) is 0 Å². The number of halogens is 2. The molecule has 1 aliphatic heterocycles. The molecule has 0 spiro atoms. The smallest absolute Gasteiger partial charge is 0.0984 e. The second-order valence-corrected chi connectivity index (χ2v) is 7.32. The van der Waals surface area contributed by atoms with Gasteiger partial charge in [-0.05, 0) is 13.8 Å². The number of alkyl halides is 2. The lowest BCUT2D eigenvalue weighted by atomic mass is 10.1. The van der Waals surface area contributed by atoms with E-state index < -0.39 is 0 Å². The van der Waals surface area contributed by atoms with Crippen LogP contribution in [0.15, 0.2) is 0 Å². The molecule has 0 N–H and O–H groups in total. The Morgan fingerprint density at radius 2 is 0.917 bits per heavy atom. The topological polar surface area (TPSA) is 55.4 Å². The highest BCUT2D eigenvalue weighted by molar-refractivity contribution is 9.09. The number of ether oxygens (including phenoxy) is 6. The molecule has 0 aromatic carbocycles. The van der Waals surface area contributed by atoms with Crippen LogP contribution in [0.5, 0.6) is 0 Å². The van der Waals surface area contributed by atoms with Gasteiger partial charge in [0, 0.05) is 10.7 Å². The Balaban J connectivity index is 2.42. The van der Waals surface area contributed by atoms with Crippen LogP contribution < -0.4 is 0 Å². The average Bonchev–Trinajstić information content (AvgIpc) is 2.59. The Labute approximate surface area is 162 Å². The van der Waals surface area contributed by atoms with E-state index >= 15 is 0 Å². The predicted octanol–water partition coefficient (Wildman–Crippen LogP) is 2.41. The maximum atomic E-state index is 5.88. The van der Waals surface area contributed by atoms with Crippen LogP contribution in [0.2, 0.25) is 0 Å². The summed E-state index contributed by atoms with van der Waals surface area (Å²) in [6.45, 7) is 9.26. The fraction of sp³-hybridized carbons (Fsp3) is 1.00. The van der Waals surface area contributed by atoms with Gasteiger partial charge >= 0.3 is 0 Å². The summed E-state index contributed by atoms with van der Waals surface area (Å²) in [6, 6.07) is 0.